The van der Waals surface area contributed by atoms with E-state index in [4.69, 9.17) is 17.4 Å². The predicted molar refractivity (Wildman–Crippen MR) is 78.4 cm³/mol. The van der Waals surface area contributed by atoms with Gasteiger partial charge in [-0.3, -0.25) is 10.6 Å². The Morgan fingerprint density at radius 3 is 2.70 bits per heavy atom. The maximum atomic E-state index is 13.7. The van der Waals surface area contributed by atoms with Gasteiger partial charge in [-0.2, -0.15) is 0 Å². The van der Waals surface area contributed by atoms with Gasteiger partial charge in [-0.05, 0) is 36.8 Å². The highest BCUT2D eigenvalue weighted by Crippen LogP contribution is 2.24. The summed E-state index contributed by atoms with van der Waals surface area (Å²) in [6, 6.07) is 9.50. The fourth-order valence-electron chi connectivity index (χ4n) is 1.77. The minimum atomic E-state index is -0.670. The molecule has 0 aromatic heterocycles. The Labute approximate surface area is 120 Å². The highest BCUT2D eigenvalue weighted by Gasteiger charge is 2.14. The van der Waals surface area contributed by atoms with Gasteiger partial charge in [0.15, 0.2) is 5.82 Å². The van der Waals surface area contributed by atoms with Crippen molar-refractivity contribution in [3.63, 3.8) is 0 Å². The summed E-state index contributed by atoms with van der Waals surface area (Å²) in [4.78, 5) is 12.2. The van der Waals surface area contributed by atoms with E-state index in [-0.39, 0.29) is 10.7 Å². The Balaban J connectivity index is 2.31. The average Bonchev–Trinajstić information content (AvgIpc) is 2.43. The zero-order valence-electron chi connectivity index (χ0n) is 10.7. The van der Waals surface area contributed by atoms with Crippen molar-refractivity contribution < 1.29 is 9.18 Å². The highest BCUT2D eigenvalue weighted by atomic mass is 35.5. The van der Waals surface area contributed by atoms with Crippen molar-refractivity contribution in [2.24, 2.45) is 5.84 Å². The van der Waals surface area contributed by atoms with Gasteiger partial charge >= 0.3 is 0 Å². The summed E-state index contributed by atoms with van der Waals surface area (Å²) in [6.45, 7) is 1.87. The number of hydrogen-bond acceptors (Lipinski definition) is 3. The van der Waals surface area contributed by atoms with Crippen molar-refractivity contribution in [3.05, 3.63) is 58.4 Å². The van der Waals surface area contributed by atoms with Crippen LogP contribution in [0.3, 0.4) is 0 Å². The number of carbonyl (C=O) groups excluding carboxylic acids is 1. The maximum absolute atomic E-state index is 13.7. The minimum absolute atomic E-state index is 0.0195. The lowest BCUT2D eigenvalue weighted by molar-refractivity contribution is 0.102. The molecule has 0 bridgehead atoms. The average molecular weight is 294 g/mol. The number of anilines is 2. The first-order valence-corrected chi connectivity index (χ1v) is 6.23. The number of carbonyl (C=O) groups is 1. The number of nitrogens with two attached hydrogens (primary N) is 1. The van der Waals surface area contributed by atoms with E-state index in [0.717, 1.165) is 5.56 Å². The van der Waals surface area contributed by atoms with Crippen molar-refractivity contribution in [1.29, 1.82) is 0 Å². The normalized spacial score (nSPS) is 10.2. The zero-order chi connectivity index (χ0) is 14.7. The molecule has 4 N–H and O–H groups in total. The van der Waals surface area contributed by atoms with Crippen LogP contribution in [0.1, 0.15) is 15.9 Å². The third-order valence-electron chi connectivity index (χ3n) is 2.77. The molecule has 0 atom stereocenters. The molecular formula is C14H13ClFN3O. The van der Waals surface area contributed by atoms with Crippen LogP contribution in [0.15, 0.2) is 36.4 Å². The van der Waals surface area contributed by atoms with Gasteiger partial charge in [-0.15, -0.1) is 0 Å². The molecule has 0 radical (unpaired) electrons. The monoisotopic (exact) mass is 293 g/mol. The molecule has 2 aromatic carbocycles. The van der Waals surface area contributed by atoms with E-state index < -0.39 is 11.7 Å². The van der Waals surface area contributed by atoms with Gasteiger partial charge in [-0.25, -0.2) is 4.39 Å². The van der Waals surface area contributed by atoms with E-state index in [1.165, 1.54) is 12.1 Å². The quantitative estimate of drug-likeness (QED) is 0.601. The number of hydrazine groups is 1. The lowest BCUT2D eigenvalue weighted by Gasteiger charge is -2.11. The lowest BCUT2D eigenvalue weighted by atomic mass is 10.1. The number of aryl methyl sites for hydroxylation is 1. The van der Waals surface area contributed by atoms with Crippen LogP contribution in [0.2, 0.25) is 5.02 Å². The molecule has 0 aliphatic carbocycles. The molecule has 0 fully saturated rings. The third-order valence-corrected chi connectivity index (χ3v) is 3.07. The first-order valence-electron chi connectivity index (χ1n) is 5.85. The number of halogens is 2. The van der Waals surface area contributed by atoms with Crippen LogP contribution in [0.4, 0.5) is 15.8 Å². The van der Waals surface area contributed by atoms with Gasteiger partial charge < -0.3 is 10.7 Å². The molecule has 2 rings (SSSR count). The fourth-order valence-corrected chi connectivity index (χ4v) is 1.94. The zero-order valence-corrected chi connectivity index (χ0v) is 11.5. The van der Waals surface area contributed by atoms with Crippen molar-refractivity contribution in [3.8, 4) is 0 Å². The lowest BCUT2D eigenvalue weighted by Crippen LogP contribution is -2.18. The second-order valence-corrected chi connectivity index (χ2v) is 4.66. The minimum Gasteiger partial charge on any atom is -0.323 e. The standard InChI is InChI=1S/C14H13ClFN3O/c1-8-5-6-9(12(7-8)19-17)14(20)18-11-4-2-3-10(15)13(11)16/h2-7,19H,17H2,1H3,(H,18,20). The van der Waals surface area contributed by atoms with E-state index in [2.05, 4.69) is 10.7 Å². The van der Waals surface area contributed by atoms with Crippen LogP contribution in [-0.4, -0.2) is 5.91 Å². The molecule has 1 amide bonds. The second-order valence-electron chi connectivity index (χ2n) is 4.25. The van der Waals surface area contributed by atoms with Crippen LogP contribution in [0.25, 0.3) is 0 Å². The summed E-state index contributed by atoms with van der Waals surface area (Å²) in [5.74, 6) is 4.24. The number of rotatable bonds is 3. The second kappa shape index (κ2) is 5.90. The molecule has 104 valence electrons. The summed E-state index contributed by atoms with van der Waals surface area (Å²) in [6.07, 6.45) is 0. The first kappa shape index (κ1) is 14.3. The molecule has 20 heavy (non-hydrogen) atoms. The predicted octanol–water partition coefficient (Wildman–Crippen LogP) is 3.33. The largest absolute Gasteiger partial charge is 0.323 e. The molecule has 4 nitrogen and oxygen atoms in total. The van der Waals surface area contributed by atoms with E-state index in [9.17, 15) is 9.18 Å². The van der Waals surface area contributed by atoms with Gasteiger partial charge in [0, 0.05) is 0 Å². The van der Waals surface area contributed by atoms with E-state index in [0.29, 0.717) is 11.3 Å². The molecular weight excluding hydrogens is 281 g/mol. The number of benzene rings is 2. The Kier molecular flexibility index (Phi) is 4.22. The molecule has 0 heterocycles. The Morgan fingerprint density at radius 2 is 2.00 bits per heavy atom. The number of hydrogen-bond donors (Lipinski definition) is 3. The summed E-state index contributed by atoms with van der Waals surface area (Å²) in [7, 11) is 0. The molecule has 0 saturated carbocycles. The molecule has 0 unspecified atom stereocenters. The van der Waals surface area contributed by atoms with Crippen LogP contribution in [0.5, 0.6) is 0 Å². The Morgan fingerprint density at radius 1 is 1.25 bits per heavy atom. The van der Waals surface area contributed by atoms with Crippen molar-refractivity contribution >= 4 is 28.9 Å². The summed E-state index contributed by atoms with van der Waals surface area (Å²) in [5.41, 5.74) is 4.20. The Hall–Kier alpha value is -2.11. The van der Waals surface area contributed by atoms with Gasteiger partial charge in [0.1, 0.15) is 0 Å². The smallest absolute Gasteiger partial charge is 0.257 e. The number of nitrogens with one attached hydrogen (secondary N) is 2. The highest BCUT2D eigenvalue weighted by molar-refractivity contribution is 6.31. The first-order chi connectivity index (χ1) is 9.52. The molecule has 0 spiro atoms. The van der Waals surface area contributed by atoms with Crippen LogP contribution < -0.4 is 16.6 Å². The SMILES string of the molecule is Cc1ccc(C(=O)Nc2cccc(Cl)c2F)c(NN)c1. The van der Waals surface area contributed by atoms with Gasteiger partial charge in [0.05, 0.1) is 22.0 Å². The summed E-state index contributed by atoms with van der Waals surface area (Å²) < 4.78 is 13.7. The van der Waals surface area contributed by atoms with E-state index in [1.807, 2.05) is 6.92 Å². The van der Waals surface area contributed by atoms with E-state index >= 15 is 0 Å². The summed E-state index contributed by atoms with van der Waals surface area (Å²) in [5, 5.41) is 2.42. The Bertz CT molecular complexity index is 661. The van der Waals surface area contributed by atoms with Crippen molar-refractivity contribution in [2.75, 3.05) is 10.7 Å². The molecule has 6 heteroatoms. The topological polar surface area (TPSA) is 67.2 Å². The van der Waals surface area contributed by atoms with Crippen molar-refractivity contribution in [1.82, 2.24) is 0 Å². The van der Waals surface area contributed by atoms with Gasteiger partial charge in [0.25, 0.3) is 5.91 Å². The van der Waals surface area contributed by atoms with Crippen LogP contribution in [-0.2, 0) is 0 Å². The van der Waals surface area contributed by atoms with E-state index in [1.54, 1.807) is 24.3 Å². The summed E-state index contributed by atoms with van der Waals surface area (Å²) >= 11 is 5.66. The number of amides is 1. The van der Waals surface area contributed by atoms with Crippen molar-refractivity contribution in [2.45, 2.75) is 6.92 Å². The van der Waals surface area contributed by atoms with Crippen LogP contribution >= 0.6 is 11.6 Å². The van der Waals surface area contributed by atoms with Gasteiger partial charge in [-0.1, -0.05) is 23.7 Å². The number of nitrogen functional groups attached to an aromatic ring is 1. The maximum Gasteiger partial charge on any atom is 0.257 e. The molecule has 0 aliphatic rings. The van der Waals surface area contributed by atoms with Gasteiger partial charge in [0.2, 0.25) is 0 Å². The fraction of sp³-hybridized carbons (Fsp3) is 0.0714. The molecule has 2 aromatic rings. The third kappa shape index (κ3) is 2.89. The molecule has 0 aliphatic heterocycles. The van der Waals surface area contributed by atoms with Crippen LogP contribution in [0, 0.1) is 12.7 Å². The molecule has 0 saturated heterocycles.